The van der Waals surface area contributed by atoms with E-state index in [1.165, 1.54) is 5.56 Å². The van der Waals surface area contributed by atoms with Crippen LogP contribution in [-0.2, 0) is 11.3 Å². The first kappa shape index (κ1) is 14.0. The van der Waals surface area contributed by atoms with Gasteiger partial charge in [-0.25, -0.2) is 4.79 Å². The Bertz CT molecular complexity index is 314. The van der Waals surface area contributed by atoms with Gasteiger partial charge in [0, 0.05) is 26.7 Å². The average Bonchev–Trinajstić information content (AvgIpc) is 2.81. The lowest BCUT2D eigenvalue weighted by Crippen LogP contribution is -2.41. The SMILES string of the molecule is CCCN(Cc1ccsc1)C(=O)NCCOC. The van der Waals surface area contributed by atoms with Crippen LogP contribution >= 0.6 is 11.3 Å². The number of thiophene rings is 1. The molecule has 0 aliphatic heterocycles. The zero-order valence-electron chi connectivity index (χ0n) is 10.4. The van der Waals surface area contributed by atoms with Gasteiger partial charge in [-0.15, -0.1) is 0 Å². The third kappa shape index (κ3) is 5.19. The molecule has 0 unspecified atom stereocenters. The summed E-state index contributed by atoms with van der Waals surface area (Å²) in [5.74, 6) is 0. The van der Waals surface area contributed by atoms with Crippen molar-refractivity contribution in [1.29, 1.82) is 0 Å². The van der Waals surface area contributed by atoms with Crippen LogP contribution < -0.4 is 5.32 Å². The van der Waals surface area contributed by atoms with Gasteiger partial charge in [0.2, 0.25) is 0 Å². The molecule has 0 saturated heterocycles. The fourth-order valence-corrected chi connectivity index (χ4v) is 2.16. The van der Waals surface area contributed by atoms with Gasteiger partial charge < -0.3 is 15.0 Å². The number of ether oxygens (including phenoxy) is 1. The molecule has 1 N–H and O–H groups in total. The molecule has 96 valence electrons. The van der Waals surface area contributed by atoms with Crippen molar-refractivity contribution in [2.75, 3.05) is 26.8 Å². The first-order chi connectivity index (χ1) is 8.27. The van der Waals surface area contributed by atoms with E-state index in [1.54, 1.807) is 18.4 Å². The fraction of sp³-hybridized carbons (Fsp3) is 0.583. The maximum absolute atomic E-state index is 11.9. The second-order valence-corrected chi connectivity index (χ2v) is 4.56. The van der Waals surface area contributed by atoms with Crippen molar-refractivity contribution >= 4 is 17.4 Å². The molecule has 1 heterocycles. The number of methoxy groups -OCH3 is 1. The largest absolute Gasteiger partial charge is 0.383 e. The molecule has 1 aromatic heterocycles. The third-order valence-electron chi connectivity index (χ3n) is 2.32. The first-order valence-corrected chi connectivity index (χ1v) is 6.75. The Kier molecular flexibility index (Phi) is 6.65. The molecule has 2 amide bonds. The molecule has 0 aliphatic rings. The molecule has 0 saturated carbocycles. The van der Waals surface area contributed by atoms with E-state index in [0.717, 1.165) is 13.0 Å². The molecule has 17 heavy (non-hydrogen) atoms. The second-order valence-electron chi connectivity index (χ2n) is 3.78. The zero-order chi connectivity index (χ0) is 12.5. The topological polar surface area (TPSA) is 41.6 Å². The van der Waals surface area contributed by atoms with Crippen LogP contribution in [0.15, 0.2) is 16.8 Å². The highest BCUT2D eigenvalue weighted by Gasteiger charge is 2.12. The average molecular weight is 256 g/mol. The Balaban J connectivity index is 2.43. The fourth-order valence-electron chi connectivity index (χ4n) is 1.50. The van der Waals surface area contributed by atoms with E-state index in [1.807, 2.05) is 10.3 Å². The maximum atomic E-state index is 11.9. The van der Waals surface area contributed by atoms with Crippen LogP contribution in [0, 0.1) is 0 Å². The summed E-state index contributed by atoms with van der Waals surface area (Å²) in [6.07, 6.45) is 0.960. The van der Waals surface area contributed by atoms with Gasteiger partial charge in [0.25, 0.3) is 0 Å². The number of urea groups is 1. The van der Waals surface area contributed by atoms with Crippen molar-refractivity contribution in [3.63, 3.8) is 0 Å². The minimum atomic E-state index is -0.0184. The highest BCUT2D eigenvalue weighted by molar-refractivity contribution is 7.07. The summed E-state index contributed by atoms with van der Waals surface area (Å²) < 4.78 is 4.91. The molecule has 0 fully saturated rings. The van der Waals surface area contributed by atoms with Crippen molar-refractivity contribution in [1.82, 2.24) is 10.2 Å². The highest BCUT2D eigenvalue weighted by atomic mass is 32.1. The van der Waals surface area contributed by atoms with Crippen molar-refractivity contribution in [2.45, 2.75) is 19.9 Å². The van der Waals surface area contributed by atoms with Gasteiger partial charge >= 0.3 is 6.03 Å². The zero-order valence-corrected chi connectivity index (χ0v) is 11.3. The van der Waals surface area contributed by atoms with E-state index < -0.39 is 0 Å². The minimum absolute atomic E-state index is 0.0184. The van der Waals surface area contributed by atoms with Gasteiger partial charge in [-0.1, -0.05) is 6.92 Å². The van der Waals surface area contributed by atoms with Gasteiger partial charge in [-0.05, 0) is 28.8 Å². The molecule has 5 heteroatoms. The molecule has 0 aromatic carbocycles. The normalized spacial score (nSPS) is 10.2. The van der Waals surface area contributed by atoms with Crippen molar-refractivity contribution in [3.05, 3.63) is 22.4 Å². The molecule has 0 atom stereocenters. The molecular formula is C12H20N2O2S. The van der Waals surface area contributed by atoms with Crippen molar-refractivity contribution in [3.8, 4) is 0 Å². The molecule has 1 aromatic rings. The molecule has 1 rings (SSSR count). The summed E-state index contributed by atoms with van der Waals surface area (Å²) in [5, 5.41) is 6.95. The van der Waals surface area contributed by atoms with Crippen LogP contribution in [-0.4, -0.2) is 37.7 Å². The van der Waals surface area contributed by atoms with Crippen molar-refractivity contribution < 1.29 is 9.53 Å². The lowest BCUT2D eigenvalue weighted by molar-refractivity contribution is 0.178. The van der Waals surface area contributed by atoms with Crippen LogP contribution in [0.3, 0.4) is 0 Å². The van der Waals surface area contributed by atoms with Crippen molar-refractivity contribution in [2.24, 2.45) is 0 Å². The van der Waals surface area contributed by atoms with E-state index >= 15 is 0 Å². The monoisotopic (exact) mass is 256 g/mol. The summed E-state index contributed by atoms with van der Waals surface area (Å²) in [4.78, 5) is 13.7. The number of nitrogens with zero attached hydrogens (tertiary/aromatic N) is 1. The number of hydrogen-bond acceptors (Lipinski definition) is 3. The molecule has 0 bridgehead atoms. The molecule has 0 aliphatic carbocycles. The minimum Gasteiger partial charge on any atom is -0.383 e. The summed E-state index contributed by atoms with van der Waals surface area (Å²) in [6, 6.07) is 2.03. The smallest absolute Gasteiger partial charge is 0.317 e. The quantitative estimate of drug-likeness (QED) is 0.761. The molecule has 0 radical (unpaired) electrons. The van der Waals surface area contributed by atoms with Crippen LogP contribution in [0.25, 0.3) is 0 Å². The van der Waals surface area contributed by atoms with Gasteiger partial charge in [-0.3, -0.25) is 0 Å². The Morgan fingerprint density at radius 3 is 3.00 bits per heavy atom. The summed E-state index contributed by atoms with van der Waals surface area (Å²) in [6.45, 7) is 4.62. The van der Waals surface area contributed by atoms with E-state index in [9.17, 15) is 4.79 Å². The predicted octanol–water partition coefficient (Wildman–Crippen LogP) is 2.32. The lowest BCUT2D eigenvalue weighted by atomic mass is 10.3. The first-order valence-electron chi connectivity index (χ1n) is 5.80. The van der Waals surface area contributed by atoms with Crippen LogP contribution in [0.1, 0.15) is 18.9 Å². The Morgan fingerprint density at radius 1 is 1.59 bits per heavy atom. The van der Waals surface area contributed by atoms with E-state index in [4.69, 9.17) is 4.74 Å². The standard InChI is InChI=1S/C12H20N2O2S/c1-3-6-14(9-11-4-8-17-10-11)12(15)13-5-7-16-2/h4,8,10H,3,5-7,9H2,1-2H3,(H,13,15). The van der Waals surface area contributed by atoms with Gasteiger partial charge in [-0.2, -0.15) is 11.3 Å². The number of hydrogen-bond donors (Lipinski definition) is 1. The van der Waals surface area contributed by atoms with Gasteiger partial charge in [0.05, 0.1) is 6.61 Å². The second kappa shape index (κ2) is 8.08. The molecule has 0 spiro atoms. The van der Waals surface area contributed by atoms with Gasteiger partial charge in [0.1, 0.15) is 0 Å². The van der Waals surface area contributed by atoms with Crippen LogP contribution in [0.2, 0.25) is 0 Å². The maximum Gasteiger partial charge on any atom is 0.317 e. The Labute approximate surface area is 107 Å². The number of carbonyl (C=O) groups excluding carboxylic acids is 1. The summed E-state index contributed by atoms with van der Waals surface area (Å²) in [7, 11) is 1.63. The Morgan fingerprint density at radius 2 is 2.41 bits per heavy atom. The number of amides is 2. The van der Waals surface area contributed by atoms with E-state index in [2.05, 4.69) is 23.7 Å². The van der Waals surface area contributed by atoms with Crippen LogP contribution in [0.5, 0.6) is 0 Å². The Hall–Kier alpha value is -1.07. The molecule has 4 nitrogen and oxygen atoms in total. The number of carbonyl (C=O) groups is 1. The summed E-state index contributed by atoms with van der Waals surface area (Å²) in [5.41, 5.74) is 1.19. The lowest BCUT2D eigenvalue weighted by Gasteiger charge is -2.22. The van der Waals surface area contributed by atoms with Crippen LogP contribution in [0.4, 0.5) is 4.79 Å². The van der Waals surface area contributed by atoms with E-state index in [-0.39, 0.29) is 6.03 Å². The molecular weight excluding hydrogens is 236 g/mol. The number of nitrogens with one attached hydrogen (secondary N) is 1. The highest BCUT2D eigenvalue weighted by Crippen LogP contribution is 2.09. The van der Waals surface area contributed by atoms with Gasteiger partial charge in [0.15, 0.2) is 0 Å². The summed E-state index contributed by atoms with van der Waals surface area (Å²) >= 11 is 1.65. The van der Waals surface area contributed by atoms with E-state index in [0.29, 0.717) is 19.7 Å². The number of rotatable bonds is 7. The third-order valence-corrected chi connectivity index (χ3v) is 3.05. The predicted molar refractivity (Wildman–Crippen MR) is 70.3 cm³/mol.